The standard InChI is InChI=1S/C6H7N3O2/c1-8-5-6(4-7-8)2-3-9(10)11/h2-5H,1H3. The number of hydrogen-bond acceptors (Lipinski definition) is 3. The number of aryl methyl sites for hydroxylation is 1. The largest absolute Gasteiger partial charge is 0.275 e. The Labute approximate surface area is 63.1 Å². The monoisotopic (exact) mass is 153 g/mol. The van der Waals surface area contributed by atoms with Crippen LogP contribution < -0.4 is 0 Å². The maximum atomic E-state index is 9.87. The van der Waals surface area contributed by atoms with Crippen LogP contribution in [0.4, 0.5) is 0 Å². The van der Waals surface area contributed by atoms with Crippen molar-refractivity contribution in [3.8, 4) is 0 Å². The average molecular weight is 153 g/mol. The highest BCUT2D eigenvalue weighted by molar-refractivity contribution is 5.44. The van der Waals surface area contributed by atoms with E-state index >= 15 is 0 Å². The van der Waals surface area contributed by atoms with E-state index in [0.717, 1.165) is 11.8 Å². The van der Waals surface area contributed by atoms with Gasteiger partial charge in [-0.1, -0.05) is 0 Å². The second-order valence-corrected chi connectivity index (χ2v) is 2.05. The molecule has 58 valence electrons. The van der Waals surface area contributed by atoms with Crippen LogP contribution in [0.1, 0.15) is 5.56 Å². The van der Waals surface area contributed by atoms with Crippen LogP contribution in [0.5, 0.6) is 0 Å². The number of nitrogens with zero attached hydrogens (tertiary/aromatic N) is 3. The Bertz CT molecular complexity index is 290. The summed E-state index contributed by atoms with van der Waals surface area (Å²) in [7, 11) is 1.75. The van der Waals surface area contributed by atoms with Gasteiger partial charge in [-0.25, -0.2) is 0 Å². The van der Waals surface area contributed by atoms with Crippen LogP contribution in [0.2, 0.25) is 0 Å². The third-order valence-electron chi connectivity index (χ3n) is 1.11. The number of rotatable bonds is 2. The van der Waals surface area contributed by atoms with Gasteiger partial charge in [0.05, 0.1) is 11.1 Å². The average Bonchev–Trinajstić information content (AvgIpc) is 2.31. The topological polar surface area (TPSA) is 61.0 Å². The van der Waals surface area contributed by atoms with E-state index in [1.165, 1.54) is 6.08 Å². The van der Waals surface area contributed by atoms with Crippen LogP contribution >= 0.6 is 0 Å². The van der Waals surface area contributed by atoms with Crippen LogP contribution in [-0.2, 0) is 7.05 Å². The molecule has 0 radical (unpaired) electrons. The molecule has 0 N–H and O–H groups in total. The van der Waals surface area contributed by atoms with Crippen molar-refractivity contribution in [2.45, 2.75) is 0 Å². The maximum absolute atomic E-state index is 9.87. The molecule has 0 saturated carbocycles. The van der Waals surface area contributed by atoms with Crippen LogP contribution in [0.25, 0.3) is 6.08 Å². The summed E-state index contributed by atoms with van der Waals surface area (Å²) in [5.41, 5.74) is 0.726. The lowest BCUT2D eigenvalue weighted by molar-refractivity contribution is -0.400. The molecule has 0 bridgehead atoms. The fraction of sp³-hybridized carbons (Fsp3) is 0.167. The summed E-state index contributed by atoms with van der Waals surface area (Å²) in [6.45, 7) is 0. The molecule has 0 aliphatic carbocycles. The van der Waals surface area contributed by atoms with Gasteiger partial charge in [0, 0.05) is 24.9 Å². The number of nitro groups is 1. The molecular weight excluding hydrogens is 146 g/mol. The highest BCUT2D eigenvalue weighted by Crippen LogP contribution is 1.98. The van der Waals surface area contributed by atoms with Gasteiger partial charge in [0.2, 0.25) is 6.20 Å². The zero-order valence-electron chi connectivity index (χ0n) is 5.97. The van der Waals surface area contributed by atoms with E-state index in [1.807, 2.05) is 0 Å². The van der Waals surface area contributed by atoms with E-state index in [0.29, 0.717) is 0 Å². The Hall–Kier alpha value is -1.65. The fourth-order valence-corrected chi connectivity index (χ4v) is 0.673. The summed E-state index contributed by atoms with van der Waals surface area (Å²) in [4.78, 5) is 9.36. The molecule has 0 atom stereocenters. The first-order valence-electron chi connectivity index (χ1n) is 2.99. The minimum atomic E-state index is -0.507. The molecule has 1 aromatic heterocycles. The van der Waals surface area contributed by atoms with E-state index in [4.69, 9.17) is 0 Å². The molecule has 5 nitrogen and oxygen atoms in total. The molecule has 0 fully saturated rings. The lowest BCUT2D eigenvalue weighted by Crippen LogP contribution is -1.84. The Morgan fingerprint density at radius 2 is 2.55 bits per heavy atom. The van der Waals surface area contributed by atoms with Gasteiger partial charge in [-0.2, -0.15) is 5.10 Å². The second-order valence-electron chi connectivity index (χ2n) is 2.05. The van der Waals surface area contributed by atoms with Crippen molar-refractivity contribution >= 4 is 6.08 Å². The van der Waals surface area contributed by atoms with E-state index in [9.17, 15) is 10.1 Å². The molecule has 0 unspecified atom stereocenters. The Balaban J connectivity index is 2.71. The first-order chi connectivity index (χ1) is 5.18. The lowest BCUT2D eigenvalue weighted by Gasteiger charge is -1.80. The number of hydrogen-bond donors (Lipinski definition) is 0. The van der Waals surface area contributed by atoms with Gasteiger partial charge >= 0.3 is 0 Å². The van der Waals surface area contributed by atoms with Gasteiger partial charge in [0.1, 0.15) is 0 Å². The molecule has 1 heterocycles. The summed E-state index contributed by atoms with van der Waals surface area (Å²) in [5.74, 6) is 0. The van der Waals surface area contributed by atoms with E-state index in [1.54, 1.807) is 24.1 Å². The minimum Gasteiger partial charge on any atom is -0.275 e. The molecule has 0 aliphatic rings. The molecule has 1 rings (SSSR count). The molecule has 0 spiro atoms. The van der Waals surface area contributed by atoms with Gasteiger partial charge in [0.15, 0.2) is 0 Å². The SMILES string of the molecule is Cn1cc(C=C[N+](=O)[O-])cn1. The molecule has 0 aliphatic heterocycles. The number of aromatic nitrogens is 2. The van der Waals surface area contributed by atoms with Crippen LogP contribution in [0.3, 0.4) is 0 Å². The smallest absolute Gasteiger partial charge is 0.235 e. The van der Waals surface area contributed by atoms with E-state index in [-0.39, 0.29) is 0 Å². The normalized spacial score (nSPS) is 10.6. The van der Waals surface area contributed by atoms with Crippen molar-refractivity contribution in [3.05, 3.63) is 34.3 Å². The van der Waals surface area contributed by atoms with Crippen LogP contribution in [0.15, 0.2) is 18.6 Å². The van der Waals surface area contributed by atoms with Gasteiger partial charge < -0.3 is 0 Å². The zero-order valence-corrected chi connectivity index (χ0v) is 5.97. The Morgan fingerprint density at radius 1 is 1.82 bits per heavy atom. The quantitative estimate of drug-likeness (QED) is 0.463. The van der Waals surface area contributed by atoms with Crippen LogP contribution in [-0.4, -0.2) is 14.7 Å². The van der Waals surface area contributed by atoms with Crippen molar-refractivity contribution in [2.24, 2.45) is 7.05 Å². The highest BCUT2D eigenvalue weighted by atomic mass is 16.6. The summed E-state index contributed by atoms with van der Waals surface area (Å²) in [5, 5.41) is 13.7. The van der Waals surface area contributed by atoms with Crippen molar-refractivity contribution in [1.29, 1.82) is 0 Å². The predicted octanol–water partition coefficient (Wildman–Crippen LogP) is 0.667. The van der Waals surface area contributed by atoms with Gasteiger partial charge in [-0.15, -0.1) is 0 Å². The lowest BCUT2D eigenvalue weighted by atomic mass is 10.4. The molecule has 5 heteroatoms. The molecule has 0 aromatic carbocycles. The third kappa shape index (κ3) is 2.21. The fourth-order valence-electron chi connectivity index (χ4n) is 0.673. The van der Waals surface area contributed by atoms with E-state index < -0.39 is 4.92 Å². The minimum absolute atomic E-state index is 0.507. The molecule has 1 aromatic rings. The summed E-state index contributed by atoms with van der Waals surface area (Å²) in [6.07, 6.45) is 5.53. The van der Waals surface area contributed by atoms with Crippen molar-refractivity contribution < 1.29 is 4.92 Å². The van der Waals surface area contributed by atoms with Crippen LogP contribution in [0, 0.1) is 10.1 Å². The summed E-state index contributed by atoms with van der Waals surface area (Å²) >= 11 is 0. The van der Waals surface area contributed by atoms with Gasteiger partial charge in [0.25, 0.3) is 0 Å². The van der Waals surface area contributed by atoms with Gasteiger partial charge in [-0.3, -0.25) is 14.8 Å². The Morgan fingerprint density at radius 3 is 3.00 bits per heavy atom. The van der Waals surface area contributed by atoms with Crippen molar-refractivity contribution in [3.63, 3.8) is 0 Å². The van der Waals surface area contributed by atoms with Crippen molar-refractivity contribution in [1.82, 2.24) is 9.78 Å². The first kappa shape index (κ1) is 7.46. The first-order valence-corrected chi connectivity index (χ1v) is 2.99. The van der Waals surface area contributed by atoms with Crippen molar-refractivity contribution in [2.75, 3.05) is 0 Å². The highest BCUT2D eigenvalue weighted by Gasteiger charge is 1.91. The zero-order chi connectivity index (χ0) is 8.27. The summed E-state index contributed by atoms with van der Waals surface area (Å²) in [6, 6.07) is 0. The van der Waals surface area contributed by atoms with Gasteiger partial charge in [-0.05, 0) is 0 Å². The predicted molar refractivity (Wildman–Crippen MR) is 39.2 cm³/mol. The Kier molecular flexibility index (Phi) is 2.00. The molecule has 11 heavy (non-hydrogen) atoms. The summed E-state index contributed by atoms with van der Waals surface area (Å²) < 4.78 is 1.58. The maximum Gasteiger partial charge on any atom is 0.235 e. The molecule has 0 saturated heterocycles. The van der Waals surface area contributed by atoms with E-state index in [2.05, 4.69) is 5.10 Å². The molecular formula is C6H7N3O2. The molecule has 0 amide bonds. The third-order valence-corrected chi connectivity index (χ3v) is 1.11. The second kappa shape index (κ2) is 2.96.